The Morgan fingerprint density at radius 3 is 2.44 bits per heavy atom. The molecule has 3 aliphatic heterocycles. The molecule has 2 unspecified atom stereocenters. The van der Waals surface area contributed by atoms with Crippen molar-refractivity contribution in [1.82, 2.24) is 15.1 Å². The SMILES string of the molecule is Cc1ccc(S(=O)(=O)O)c(C2(Oc3nnc(-c4ccc(F)cc4)s3)C3CC4CC2CN(C4)C3)c1. The highest BCUT2D eigenvalue weighted by Gasteiger charge is 2.61. The Kier molecular flexibility index (Phi) is 5.07. The van der Waals surface area contributed by atoms with Crippen LogP contribution < -0.4 is 4.74 Å². The summed E-state index contributed by atoms with van der Waals surface area (Å²) in [5, 5.41) is 9.47. The van der Waals surface area contributed by atoms with Crippen LogP contribution in [0.5, 0.6) is 5.19 Å². The number of hydrogen-bond donors (Lipinski definition) is 1. The van der Waals surface area contributed by atoms with E-state index in [0.717, 1.165) is 43.6 Å². The van der Waals surface area contributed by atoms with E-state index in [0.29, 0.717) is 21.7 Å². The van der Waals surface area contributed by atoms with Crippen molar-refractivity contribution in [3.8, 4) is 15.8 Å². The third kappa shape index (κ3) is 3.55. The zero-order chi connectivity index (χ0) is 23.7. The Labute approximate surface area is 201 Å². The van der Waals surface area contributed by atoms with E-state index < -0.39 is 15.7 Å². The van der Waals surface area contributed by atoms with Crippen LogP contribution in [-0.4, -0.2) is 47.7 Å². The van der Waals surface area contributed by atoms with E-state index in [1.54, 1.807) is 18.2 Å². The van der Waals surface area contributed by atoms with Crippen LogP contribution >= 0.6 is 11.3 Å². The number of halogens is 1. The zero-order valence-corrected chi connectivity index (χ0v) is 20.2. The van der Waals surface area contributed by atoms with Crippen molar-refractivity contribution in [2.75, 3.05) is 19.6 Å². The minimum absolute atomic E-state index is 0.0548. The van der Waals surface area contributed by atoms with Gasteiger partial charge in [0.1, 0.15) is 16.3 Å². The lowest BCUT2D eigenvalue weighted by Gasteiger charge is -2.61. The molecule has 1 aliphatic carbocycles. The predicted octanol–water partition coefficient (Wildman–Crippen LogP) is 4.15. The van der Waals surface area contributed by atoms with Crippen LogP contribution in [0.1, 0.15) is 24.0 Å². The monoisotopic (exact) mass is 501 g/mol. The normalized spacial score (nSPS) is 30.0. The predicted molar refractivity (Wildman–Crippen MR) is 125 cm³/mol. The minimum Gasteiger partial charge on any atom is -0.457 e. The first-order chi connectivity index (χ1) is 16.2. The first-order valence-electron chi connectivity index (χ1n) is 11.3. The summed E-state index contributed by atoms with van der Waals surface area (Å²) in [5.74, 6) is 0.334. The van der Waals surface area contributed by atoms with Gasteiger partial charge in [0, 0.05) is 42.6 Å². The van der Waals surface area contributed by atoms with Gasteiger partial charge in [0.2, 0.25) is 0 Å². The van der Waals surface area contributed by atoms with E-state index in [4.69, 9.17) is 4.74 Å². The Morgan fingerprint density at radius 1 is 1.09 bits per heavy atom. The molecule has 4 aliphatic rings. The fourth-order valence-electron chi connectivity index (χ4n) is 6.31. The van der Waals surface area contributed by atoms with Crippen molar-refractivity contribution < 1.29 is 22.1 Å². The molecule has 0 amide bonds. The minimum atomic E-state index is -4.47. The van der Waals surface area contributed by atoms with Crippen LogP contribution in [0.2, 0.25) is 0 Å². The van der Waals surface area contributed by atoms with Crippen LogP contribution in [0, 0.1) is 30.5 Å². The number of rotatable bonds is 5. The Bertz CT molecular complexity index is 1330. The molecule has 2 atom stereocenters. The smallest absolute Gasteiger partial charge is 0.295 e. The maximum atomic E-state index is 13.4. The summed E-state index contributed by atoms with van der Waals surface area (Å²) in [7, 11) is -4.47. The van der Waals surface area contributed by atoms with Gasteiger partial charge in [-0.2, -0.15) is 8.42 Å². The largest absolute Gasteiger partial charge is 0.457 e. The number of hydrogen-bond acceptors (Lipinski definition) is 7. The van der Waals surface area contributed by atoms with Gasteiger partial charge in [-0.1, -0.05) is 34.1 Å². The average Bonchev–Trinajstić information content (AvgIpc) is 3.24. The maximum Gasteiger partial charge on any atom is 0.295 e. The quantitative estimate of drug-likeness (QED) is 0.525. The van der Waals surface area contributed by atoms with Gasteiger partial charge < -0.3 is 9.64 Å². The average molecular weight is 502 g/mol. The van der Waals surface area contributed by atoms with Gasteiger partial charge in [-0.05, 0) is 56.0 Å². The molecule has 34 heavy (non-hydrogen) atoms. The molecule has 7 nitrogen and oxygen atoms in total. The molecule has 10 heteroatoms. The van der Waals surface area contributed by atoms with Crippen LogP contribution in [-0.2, 0) is 15.7 Å². The van der Waals surface area contributed by atoms with Gasteiger partial charge in [-0.15, -0.1) is 5.10 Å². The van der Waals surface area contributed by atoms with Gasteiger partial charge in [0.05, 0.1) is 0 Å². The summed E-state index contributed by atoms with van der Waals surface area (Å²) in [6, 6.07) is 11.0. The Hall–Kier alpha value is -2.40. The third-order valence-electron chi connectivity index (χ3n) is 7.51. The topological polar surface area (TPSA) is 92.6 Å². The standard InChI is InChI=1S/C24H24FN3O4S2/c1-14-2-7-21(34(29,30)31)20(8-14)24(17-9-15-10-18(24)13-28(11-15)12-17)32-23-27-26-22(33-23)16-3-5-19(25)6-4-16/h2-8,15,17-18H,9-13H2,1H3,(H,29,30,31). The Morgan fingerprint density at radius 2 is 1.79 bits per heavy atom. The van der Waals surface area contributed by atoms with E-state index >= 15 is 0 Å². The summed E-state index contributed by atoms with van der Waals surface area (Å²) in [6.45, 7) is 4.57. The van der Waals surface area contributed by atoms with Crippen LogP contribution in [0.15, 0.2) is 47.4 Å². The summed E-state index contributed by atoms with van der Waals surface area (Å²) in [4.78, 5) is 2.32. The van der Waals surface area contributed by atoms with Gasteiger partial charge >= 0.3 is 0 Å². The second-order valence-electron chi connectivity index (χ2n) is 9.70. The molecular formula is C24H24FN3O4S2. The zero-order valence-electron chi connectivity index (χ0n) is 18.5. The molecule has 4 fully saturated rings. The summed E-state index contributed by atoms with van der Waals surface area (Å²) >= 11 is 1.25. The highest BCUT2D eigenvalue weighted by molar-refractivity contribution is 7.85. The van der Waals surface area contributed by atoms with E-state index in [1.165, 1.54) is 29.5 Å². The number of aryl methyl sites for hydroxylation is 1. The van der Waals surface area contributed by atoms with Crippen LogP contribution in [0.25, 0.3) is 10.6 Å². The first-order valence-corrected chi connectivity index (χ1v) is 13.6. The second-order valence-corrected chi connectivity index (χ2v) is 12.0. The first kappa shape index (κ1) is 22.1. The number of benzene rings is 2. The molecule has 1 N–H and O–H groups in total. The van der Waals surface area contributed by atoms with Crippen molar-refractivity contribution in [3.63, 3.8) is 0 Å². The molecule has 178 valence electrons. The van der Waals surface area contributed by atoms with E-state index in [-0.39, 0.29) is 22.5 Å². The van der Waals surface area contributed by atoms with Crippen LogP contribution in [0.3, 0.4) is 0 Å². The number of aromatic nitrogens is 2. The Balaban J connectivity index is 1.48. The van der Waals surface area contributed by atoms with E-state index in [9.17, 15) is 17.4 Å². The fourth-order valence-corrected chi connectivity index (χ4v) is 7.80. The highest BCUT2D eigenvalue weighted by atomic mass is 32.2. The molecule has 7 rings (SSSR count). The lowest BCUT2D eigenvalue weighted by molar-refractivity contribution is -0.175. The van der Waals surface area contributed by atoms with Crippen LogP contribution in [0.4, 0.5) is 4.39 Å². The third-order valence-corrected chi connectivity index (χ3v) is 9.27. The number of ether oxygens (including phenoxy) is 1. The summed E-state index contributed by atoms with van der Waals surface area (Å²) < 4.78 is 55.1. The molecule has 4 bridgehead atoms. The fraction of sp³-hybridized carbons (Fsp3) is 0.417. The summed E-state index contributed by atoms with van der Waals surface area (Å²) in [5.41, 5.74) is 1.19. The highest BCUT2D eigenvalue weighted by Crippen LogP contribution is 2.57. The van der Waals surface area contributed by atoms with Gasteiger partial charge in [-0.3, -0.25) is 4.55 Å². The lowest BCUT2D eigenvalue weighted by Crippen LogP contribution is -2.67. The molecular weight excluding hydrogens is 477 g/mol. The molecule has 1 aromatic heterocycles. The molecule has 3 aromatic rings. The van der Waals surface area contributed by atoms with Crippen molar-refractivity contribution in [2.45, 2.75) is 30.3 Å². The summed E-state index contributed by atoms with van der Waals surface area (Å²) in [6.07, 6.45) is 1.85. The van der Waals surface area contributed by atoms with Crippen molar-refractivity contribution >= 4 is 21.5 Å². The molecule has 0 spiro atoms. The molecule has 1 saturated carbocycles. The lowest BCUT2D eigenvalue weighted by atomic mass is 9.57. The van der Waals surface area contributed by atoms with Gasteiger partial charge in [-0.25, -0.2) is 4.39 Å². The van der Waals surface area contributed by atoms with E-state index in [1.807, 2.05) is 13.0 Å². The van der Waals surface area contributed by atoms with Crippen molar-refractivity contribution in [3.05, 3.63) is 59.4 Å². The van der Waals surface area contributed by atoms with Crippen molar-refractivity contribution in [2.24, 2.45) is 17.8 Å². The maximum absolute atomic E-state index is 13.4. The molecule has 3 saturated heterocycles. The molecule has 2 aromatic carbocycles. The van der Waals surface area contributed by atoms with Crippen molar-refractivity contribution in [1.29, 1.82) is 0 Å². The van der Waals surface area contributed by atoms with Gasteiger partial charge in [0.15, 0.2) is 5.01 Å². The number of piperidine rings is 3. The number of nitrogens with zero attached hydrogens (tertiary/aromatic N) is 3. The second kappa shape index (κ2) is 7.81. The van der Waals surface area contributed by atoms with Gasteiger partial charge in [0.25, 0.3) is 15.3 Å². The molecule has 0 radical (unpaired) electrons. The van der Waals surface area contributed by atoms with E-state index in [2.05, 4.69) is 15.1 Å². The molecule has 4 heterocycles.